The van der Waals surface area contributed by atoms with Crippen LogP contribution in [0.3, 0.4) is 0 Å². The van der Waals surface area contributed by atoms with Crippen LogP contribution in [0.4, 0.5) is 19.0 Å². The highest BCUT2D eigenvalue weighted by molar-refractivity contribution is 5.99. The van der Waals surface area contributed by atoms with Gasteiger partial charge in [0.1, 0.15) is 11.4 Å². The van der Waals surface area contributed by atoms with Gasteiger partial charge >= 0.3 is 6.18 Å². The minimum Gasteiger partial charge on any atom is -0.363 e. The van der Waals surface area contributed by atoms with E-state index in [-0.39, 0.29) is 35.2 Å². The van der Waals surface area contributed by atoms with Crippen molar-refractivity contribution in [3.05, 3.63) is 47.2 Å². The normalized spacial score (nSPS) is 33.4. The lowest BCUT2D eigenvalue weighted by Gasteiger charge is -2.42. The van der Waals surface area contributed by atoms with Crippen LogP contribution < -0.4 is 10.6 Å². The largest absolute Gasteiger partial charge is 0.410 e. The maximum atomic E-state index is 14.1. The molecule has 8 heteroatoms. The average molecular weight is 515 g/mol. The fourth-order valence-corrected chi connectivity index (χ4v) is 8.11. The Morgan fingerprint density at radius 1 is 1.16 bits per heavy atom. The van der Waals surface area contributed by atoms with E-state index >= 15 is 0 Å². The van der Waals surface area contributed by atoms with E-state index in [1.165, 1.54) is 31.9 Å². The molecule has 1 aliphatic heterocycles. The first-order valence-corrected chi connectivity index (χ1v) is 14.0. The molecule has 0 saturated heterocycles. The molecule has 5 nitrogen and oxygen atoms in total. The van der Waals surface area contributed by atoms with E-state index < -0.39 is 18.3 Å². The zero-order valence-corrected chi connectivity index (χ0v) is 21.7. The van der Waals surface area contributed by atoms with Crippen molar-refractivity contribution in [2.24, 2.45) is 23.2 Å². The van der Waals surface area contributed by atoms with Crippen LogP contribution in [0.2, 0.25) is 0 Å². The predicted octanol–water partition coefficient (Wildman–Crippen LogP) is 6.83. The van der Waals surface area contributed by atoms with Gasteiger partial charge in [-0.05, 0) is 73.3 Å². The Morgan fingerprint density at radius 2 is 1.92 bits per heavy atom. The highest BCUT2D eigenvalue weighted by atomic mass is 19.4. The number of halogens is 3. The first kappa shape index (κ1) is 24.8. The standard InChI is InChI=1S/C29H37F3N4O/c1-3-18-7-9-20(10-8-18)24-12-25(29(30,31)32)36-26(35-24)23(16-33-36)27(37)34-17(2)28-13-19-5-4-6-21(14-28)22(11-19)15-28/h7-10,16-17,19,21-22,24-25,35H,3-6,11-15H2,1-2H3,(H,34,37). The van der Waals surface area contributed by atoms with Crippen molar-refractivity contribution in [2.45, 2.75) is 95.9 Å². The SMILES string of the molecule is CCc1ccc(C2CC(C(F)(F)F)n3ncc(C(=O)NC(C)C45CC6CCCC(C4)C(C6)C5)c3N2)cc1. The average Bonchev–Trinajstić information content (AvgIpc) is 3.36. The molecule has 0 spiro atoms. The zero-order chi connectivity index (χ0) is 25.9. The second-order valence-electron chi connectivity index (χ2n) is 12.2. The molecule has 7 unspecified atom stereocenters. The lowest BCUT2D eigenvalue weighted by molar-refractivity contribution is -0.173. The Bertz CT molecular complexity index is 1150. The van der Waals surface area contributed by atoms with Crippen LogP contribution >= 0.6 is 0 Å². The second-order valence-corrected chi connectivity index (χ2v) is 12.2. The first-order valence-electron chi connectivity index (χ1n) is 14.0. The minimum absolute atomic E-state index is 0.0247. The molecule has 2 heterocycles. The van der Waals surface area contributed by atoms with Crippen LogP contribution in [0.5, 0.6) is 0 Å². The van der Waals surface area contributed by atoms with Gasteiger partial charge in [-0.1, -0.05) is 50.5 Å². The van der Waals surface area contributed by atoms with Crippen LogP contribution in [0, 0.1) is 23.2 Å². The van der Waals surface area contributed by atoms with Gasteiger partial charge in [0.05, 0.1) is 12.2 Å². The molecule has 37 heavy (non-hydrogen) atoms. The number of hydrogen-bond donors (Lipinski definition) is 2. The van der Waals surface area contributed by atoms with Crippen molar-refractivity contribution in [1.29, 1.82) is 0 Å². The van der Waals surface area contributed by atoms with E-state index in [0.717, 1.165) is 59.2 Å². The van der Waals surface area contributed by atoms with E-state index in [0.29, 0.717) is 0 Å². The van der Waals surface area contributed by atoms with E-state index in [1.54, 1.807) is 0 Å². The number of nitrogens with one attached hydrogen (secondary N) is 2. The van der Waals surface area contributed by atoms with Crippen molar-refractivity contribution in [3.63, 3.8) is 0 Å². The molecular formula is C29H37F3N4O. The van der Waals surface area contributed by atoms with Crippen molar-refractivity contribution >= 4 is 11.7 Å². The molecule has 1 aromatic carbocycles. The summed E-state index contributed by atoms with van der Waals surface area (Å²) in [6, 6.07) is 5.30. The third kappa shape index (κ3) is 4.34. The molecule has 6 rings (SSSR count). The summed E-state index contributed by atoms with van der Waals surface area (Å²) in [5.74, 6) is 2.08. The maximum Gasteiger partial charge on any atom is 0.410 e. The third-order valence-electron chi connectivity index (χ3n) is 10.1. The lowest BCUT2D eigenvalue weighted by Crippen LogP contribution is -2.47. The van der Waals surface area contributed by atoms with Gasteiger partial charge in [-0.3, -0.25) is 4.79 Å². The number of rotatable bonds is 5. The van der Waals surface area contributed by atoms with Crippen molar-refractivity contribution in [1.82, 2.24) is 15.1 Å². The summed E-state index contributed by atoms with van der Waals surface area (Å²) in [5, 5.41) is 10.5. The summed E-state index contributed by atoms with van der Waals surface area (Å²) in [6.07, 6.45) is 6.22. The molecule has 2 N–H and O–H groups in total. The molecule has 200 valence electrons. The van der Waals surface area contributed by atoms with Gasteiger partial charge in [-0.2, -0.15) is 18.3 Å². The number of anilines is 1. The van der Waals surface area contributed by atoms with E-state index in [4.69, 9.17) is 0 Å². The van der Waals surface area contributed by atoms with Gasteiger partial charge in [0.25, 0.3) is 5.91 Å². The summed E-state index contributed by atoms with van der Waals surface area (Å²) < 4.78 is 43.3. The van der Waals surface area contributed by atoms with Crippen LogP contribution in [0.1, 0.15) is 98.8 Å². The number of carbonyl (C=O) groups is 1. The highest BCUT2D eigenvalue weighted by Crippen LogP contribution is 2.61. The van der Waals surface area contributed by atoms with Crippen LogP contribution in [0.25, 0.3) is 0 Å². The van der Waals surface area contributed by atoms with Crippen LogP contribution in [-0.4, -0.2) is 27.9 Å². The van der Waals surface area contributed by atoms with Crippen LogP contribution in [0.15, 0.2) is 30.5 Å². The minimum atomic E-state index is -4.47. The van der Waals surface area contributed by atoms with Crippen molar-refractivity contribution in [3.8, 4) is 0 Å². The Kier molecular flexibility index (Phi) is 6.07. The summed E-state index contributed by atoms with van der Waals surface area (Å²) in [6.45, 7) is 4.14. The first-order chi connectivity index (χ1) is 17.7. The topological polar surface area (TPSA) is 59.0 Å². The van der Waals surface area contributed by atoms with Crippen LogP contribution in [-0.2, 0) is 6.42 Å². The molecule has 0 radical (unpaired) electrons. The van der Waals surface area contributed by atoms with Gasteiger partial charge in [0.2, 0.25) is 0 Å². The van der Waals surface area contributed by atoms with E-state index in [9.17, 15) is 18.0 Å². The molecule has 3 bridgehead atoms. The summed E-state index contributed by atoms with van der Waals surface area (Å²) in [5.41, 5.74) is 2.21. The van der Waals surface area contributed by atoms with Gasteiger partial charge < -0.3 is 10.6 Å². The number of benzene rings is 1. The Labute approximate surface area is 216 Å². The quantitative estimate of drug-likeness (QED) is 0.460. The fraction of sp³-hybridized carbons (Fsp3) is 0.655. The number of aromatic nitrogens is 2. The fourth-order valence-electron chi connectivity index (χ4n) is 8.11. The molecule has 4 aliphatic rings. The highest BCUT2D eigenvalue weighted by Gasteiger charge is 2.54. The molecule has 1 aromatic heterocycles. The molecule has 2 aromatic rings. The number of hydrogen-bond acceptors (Lipinski definition) is 3. The molecule has 1 amide bonds. The Hall–Kier alpha value is -2.51. The van der Waals surface area contributed by atoms with E-state index in [1.807, 2.05) is 31.2 Å². The summed E-state index contributed by atoms with van der Waals surface area (Å²) in [4.78, 5) is 13.5. The number of nitrogens with zero attached hydrogens (tertiary/aromatic N) is 2. The van der Waals surface area contributed by atoms with Crippen molar-refractivity contribution in [2.75, 3.05) is 5.32 Å². The maximum absolute atomic E-state index is 14.1. The number of carbonyl (C=O) groups excluding carboxylic acids is 1. The van der Waals surface area contributed by atoms with E-state index in [2.05, 4.69) is 22.7 Å². The molecular weight excluding hydrogens is 477 g/mol. The second kappa shape index (κ2) is 9.05. The summed E-state index contributed by atoms with van der Waals surface area (Å²) in [7, 11) is 0. The number of fused-ring (bicyclic) bond motifs is 3. The van der Waals surface area contributed by atoms with Gasteiger partial charge in [-0.15, -0.1) is 0 Å². The monoisotopic (exact) mass is 514 g/mol. The smallest absolute Gasteiger partial charge is 0.363 e. The number of alkyl halides is 3. The lowest BCUT2D eigenvalue weighted by atomic mass is 9.66. The molecule has 3 saturated carbocycles. The van der Waals surface area contributed by atoms with Gasteiger partial charge in [0, 0.05) is 12.5 Å². The van der Waals surface area contributed by atoms with Gasteiger partial charge in [0.15, 0.2) is 6.04 Å². The number of amides is 1. The molecule has 7 atom stereocenters. The summed E-state index contributed by atoms with van der Waals surface area (Å²) >= 11 is 0. The Morgan fingerprint density at radius 3 is 2.65 bits per heavy atom. The zero-order valence-electron chi connectivity index (χ0n) is 21.7. The molecule has 3 fully saturated rings. The molecule has 3 aliphatic carbocycles. The van der Waals surface area contributed by atoms with Crippen molar-refractivity contribution < 1.29 is 18.0 Å². The number of aryl methyl sites for hydroxylation is 1. The predicted molar refractivity (Wildman–Crippen MR) is 136 cm³/mol. The Balaban J connectivity index is 1.26. The van der Waals surface area contributed by atoms with Gasteiger partial charge in [-0.25, -0.2) is 4.68 Å². The third-order valence-corrected chi connectivity index (χ3v) is 10.1.